The molecule has 1 aromatic rings. The highest BCUT2D eigenvalue weighted by atomic mass is 35.5. The van der Waals surface area contributed by atoms with E-state index < -0.39 is 6.03 Å². The van der Waals surface area contributed by atoms with Crippen molar-refractivity contribution in [2.45, 2.75) is 6.42 Å². The van der Waals surface area contributed by atoms with Gasteiger partial charge in [-0.25, -0.2) is 10.2 Å². The molecule has 0 aliphatic carbocycles. The zero-order chi connectivity index (χ0) is 15.0. The van der Waals surface area contributed by atoms with Gasteiger partial charge in [-0.1, -0.05) is 11.6 Å². The predicted molar refractivity (Wildman–Crippen MR) is 76.8 cm³/mol. The van der Waals surface area contributed by atoms with E-state index in [0.717, 1.165) is 0 Å². The molecular formula is C12H17ClN4O3. The largest absolute Gasteiger partial charge is 0.495 e. The van der Waals surface area contributed by atoms with Crippen molar-refractivity contribution in [3.63, 3.8) is 0 Å². The van der Waals surface area contributed by atoms with E-state index in [1.165, 1.54) is 7.05 Å². The van der Waals surface area contributed by atoms with Crippen LogP contribution < -0.4 is 26.2 Å². The van der Waals surface area contributed by atoms with Gasteiger partial charge in [-0.05, 0) is 18.2 Å². The molecular weight excluding hydrogens is 284 g/mol. The minimum atomic E-state index is -0.484. The Hall–Kier alpha value is -2.15. The fraction of sp³-hybridized carbons (Fsp3) is 0.333. The molecule has 0 saturated carbocycles. The van der Waals surface area contributed by atoms with Crippen LogP contribution in [-0.2, 0) is 4.79 Å². The van der Waals surface area contributed by atoms with Crippen molar-refractivity contribution < 1.29 is 14.3 Å². The Morgan fingerprint density at radius 1 is 1.30 bits per heavy atom. The molecule has 0 aliphatic heterocycles. The van der Waals surface area contributed by atoms with Crippen molar-refractivity contribution in [1.29, 1.82) is 0 Å². The molecule has 0 saturated heterocycles. The van der Waals surface area contributed by atoms with Crippen molar-refractivity contribution in [3.05, 3.63) is 23.2 Å². The van der Waals surface area contributed by atoms with Crippen LogP contribution in [0.15, 0.2) is 18.2 Å². The van der Waals surface area contributed by atoms with E-state index in [1.807, 2.05) is 0 Å². The van der Waals surface area contributed by atoms with Crippen molar-refractivity contribution >= 4 is 29.2 Å². The Balaban J connectivity index is 2.38. The third-order valence-corrected chi connectivity index (χ3v) is 2.61. The number of hydrazine groups is 1. The van der Waals surface area contributed by atoms with Gasteiger partial charge in [-0.15, -0.1) is 0 Å². The van der Waals surface area contributed by atoms with Crippen molar-refractivity contribution in [3.8, 4) is 5.75 Å². The average molecular weight is 301 g/mol. The topological polar surface area (TPSA) is 91.5 Å². The highest BCUT2D eigenvalue weighted by Gasteiger charge is 2.06. The quantitative estimate of drug-likeness (QED) is 0.613. The average Bonchev–Trinajstić information content (AvgIpc) is 2.45. The molecule has 0 heterocycles. The lowest BCUT2D eigenvalue weighted by Crippen LogP contribution is -2.46. The second-order valence-electron chi connectivity index (χ2n) is 3.77. The van der Waals surface area contributed by atoms with E-state index in [0.29, 0.717) is 23.0 Å². The third kappa shape index (κ3) is 5.23. The Bertz CT molecular complexity index is 482. The molecule has 0 spiro atoms. The van der Waals surface area contributed by atoms with Crippen LogP contribution >= 0.6 is 11.6 Å². The molecule has 0 radical (unpaired) electrons. The van der Waals surface area contributed by atoms with E-state index in [2.05, 4.69) is 21.5 Å². The number of rotatable bonds is 5. The molecule has 0 aliphatic rings. The summed E-state index contributed by atoms with van der Waals surface area (Å²) in [5.74, 6) is 0.320. The number of urea groups is 1. The number of ether oxygens (including phenoxy) is 1. The van der Waals surface area contributed by atoms with Crippen molar-refractivity contribution in [2.24, 2.45) is 0 Å². The van der Waals surface area contributed by atoms with Crippen LogP contribution in [0.4, 0.5) is 10.5 Å². The number of methoxy groups -OCH3 is 1. The molecule has 3 amide bonds. The lowest BCUT2D eigenvalue weighted by molar-refractivity contribution is -0.121. The van der Waals surface area contributed by atoms with Crippen LogP contribution in [0.2, 0.25) is 5.02 Å². The third-order valence-electron chi connectivity index (χ3n) is 2.37. The van der Waals surface area contributed by atoms with E-state index in [4.69, 9.17) is 16.3 Å². The molecule has 1 aromatic carbocycles. The van der Waals surface area contributed by atoms with Crippen LogP contribution in [0.25, 0.3) is 0 Å². The first-order valence-electron chi connectivity index (χ1n) is 5.90. The first kappa shape index (κ1) is 15.9. The normalized spacial score (nSPS) is 9.55. The summed E-state index contributed by atoms with van der Waals surface area (Å²) in [5.41, 5.74) is 5.15. The molecule has 0 bridgehead atoms. The van der Waals surface area contributed by atoms with E-state index in [9.17, 15) is 9.59 Å². The van der Waals surface area contributed by atoms with Gasteiger partial charge in [0, 0.05) is 25.0 Å². The molecule has 0 aromatic heterocycles. The molecule has 0 unspecified atom stereocenters. The number of carbonyl (C=O) groups is 2. The van der Waals surface area contributed by atoms with Gasteiger partial charge in [0.25, 0.3) is 0 Å². The predicted octanol–water partition coefficient (Wildman–Crippen LogP) is 1.11. The molecule has 8 heteroatoms. The Morgan fingerprint density at radius 3 is 2.70 bits per heavy atom. The maximum atomic E-state index is 11.4. The Morgan fingerprint density at radius 2 is 2.05 bits per heavy atom. The standard InChI is InChI=1S/C12H17ClN4O3/c1-14-12(19)17-16-11(18)5-6-15-9-7-8(13)3-4-10(9)20-2/h3-4,7,15H,5-6H2,1-2H3,(H,16,18)(H2,14,17,19). The minimum Gasteiger partial charge on any atom is -0.495 e. The number of nitrogens with one attached hydrogen (secondary N) is 4. The number of carbonyl (C=O) groups excluding carboxylic acids is 2. The number of hydrogen-bond donors (Lipinski definition) is 4. The van der Waals surface area contributed by atoms with Crippen LogP contribution in [0.1, 0.15) is 6.42 Å². The fourth-order valence-corrected chi connectivity index (χ4v) is 1.55. The van der Waals surface area contributed by atoms with Gasteiger partial charge in [-0.3, -0.25) is 10.2 Å². The highest BCUT2D eigenvalue weighted by molar-refractivity contribution is 6.30. The second-order valence-corrected chi connectivity index (χ2v) is 4.21. The molecule has 0 fully saturated rings. The first-order valence-corrected chi connectivity index (χ1v) is 6.28. The van der Waals surface area contributed by atoms with E-state index >= 15 is 0 Å². The van der Waals surface area contributed by atoms with Crippen molar-refractivity contribution in [1.82, 2.24) is 16.2 Å². The molecule has 0 atom stereocenters. The Labute approximate surface area is 122 Å². The fourth-order valence-electron chi connectivity index (χ4n) is 1.38. The number of benzene rings is 1. The van der Waals surface area contributed by atoms with Gasteiger partial charge in [0.05, 0.1) is 12.8 Å². The molecule has 7 nitrogen and oxygen atoms in total. The summed E-state index contributed by atoms with van der Waals surface area (Å²) >= 11 is 5.89. The van der Waals surface area contributed by atoms with Gasteiger partial charge >= 0.3 is 6.03 Å². The van der Waals surface area contributed by atoms with Gasteiger partial charge in [0.2, 0.25) is 5.91 Å². The maximum Gasteiger partial charge on any atom is 0.333 e. The van der Waals surface area contributed by atoms with Crippen LogP contribution in [0.5, 0.6) is 5.75 Å². The summed E-state index contributed by atoms with van der Waals surface area (Å²) in [4.78, 5) is 22.3. The summed E-state index contributed by atoms with van der Waals surface area (Å²) in [7, 11) is 3.00. The van der Waals surface area contributed by atoms with Gasteiger partial charge in [0.15, 0.2) is 0 Å². The van der Waals surface area contributed by atoms with Gasteiger partial charge in [-0.2, -0.15) is 0 Å². The summed E-state index contributed by atoms with van der Waals surface area (Å²) in [6.45, 7) is 0.373. The number of hydrogen-bond acceptors (Lipinski definition) is 4. The lowest BCUT2D eigenvalue weighted by atomic mass is 10.3. The van der Waals surface area contributed by atoms with Crippen LogP contribution in [-0.4, -0.2) is 32.6 Å². The zero-order valence-corrected chi connectivity index (χ0v) is 12.0. The summed E-state index contributed by atoms with van der Waals surface area (Å²) in [5, 5.41) is 5.92. The SMILES string of the molecule is CNC(=O)NNC(=O)CCNc1cc(Cl)ccc1OC. The minimum absolute atomic E-state index is 0.180. The number of anilines is 1. The monoisotopic (exact) mass is 300 g/mol. The van der Waals surface area contributed by atoms with Gasteiger partial charge in [0.1, 0.15) is 5.75 Å². The first-order chi connectivity index (χ1) is 9.56. The van der Waals surface area contributed by atoms with E-state index in [1.54, 1.807) is 25.3 Å². The van der Waals surface area contributed by atoms with E-state index in [-0.39, 0.29) is 12.3 Å². The summed E-state index contributed by atoms with van der Waals surface area (Å²) in [6, 6.07) is 4.67. The molecule has 110 valence electrons. The van der Waals surface area contributed by atoms with Crippen molar-refractivity contribution in [2.75, 3.05) is 26.0 Å². The van der Waals surface area contributed by atoms with Crippen LogP contribution in [0, 0.1) is 0 Å². The zero-order valence-electron chi connectivity index (χ0n) is 11.2. The number of halogens is 1. The smallest absolute Gasteiger partial charge is 0.333 e. The number of amides is 3. The second kappa shape index (κ2) is 8.11. The lowest BCUT2D eigenvalue weighted by Gasteiger charge is -2.11. The molecule has 20 heavy (non-hydrogen) atoms. The highest BCUT2D eigenvalue weighted by Crippen LogP contribution is 2.27. The molecule has 1 rings (SSSR count). The van der Waals surface area contributed by atoms with Gasteiger partial charge < -0.3 is 15.4 Å². The maximum absolute atomic E-state index is 11.4. The van der Waals surface area contributed by atoms with Crippen LogP contribution in [0.3, 0.4) is 0 Å². The Kier molecular flexibility index (Phi) is 6.45. The molecule has 4 N–H and O–H groups in total. The summed E-state index contributed by atoms with van der Waals surface area (Å²) in [6.07, 6.45) is 0.180. The summed E-state index contributed by atoms with van der Waals surface area (Å²) < 4.78 is 5.16.